The lowest BCUT2D eigenvalue weighted by molar-refractivity contribution is -0.154. The van der Waals surface area contributed by atoms with E-state index in [1.807, 2.05) is 6.92 Å². The number of carbonyl (C=O) groups excluding carboxylic acids is 1. The van der Waals surface area contributed by atoms with Crippen molar-refractivity contribution >= 4 is 11.9 Å². The van der Waals surface area contributed by atoms with Crippen LogP contribution in [0.2, 0.25) is 0 Å². The fraction of sp³-hybridized carbons (Fsp3) is 0.455. The standard InChI is InChI=1S/C11H15NO3/c1-3-5-8(4-2)10(11(14)15)12-7-6-9(12)13/h3-5,10H,6-7H2,1-2H3,(H,14,15)/b5-3-,8-4+. The Morgan fingerprint density at radius 2 is 2.20 bits per heavy atom. The van der Waals surface area contributed by atoms with Gasteiger partial charge in [0.1, 0.15) is 0 Å². The molecule has 0 aromatic heterocycles. The molecular formula is C11H15NO3. The van der Waals surface area contributed by atoms with Crippen molar-refractivity contribution in [3.8, 4) is 0 Å². The number of carbonyl (C=O) groups is 2. The van der Waals surface area contributed by atoms with Gasteiger partial charge in [-0.15, -0.1) is 0 Å². The zero-order valence-electron chi connectivity index (χ0n) is 8.93. The third-order valence-corrected chi connectivity index (χ3v) is 2.44. The molecule has 0 radical (unpaired) electrons. The number of rotatable bonds is 4. The highest BCUT2D eigenvalue weighted by atomic mass is 16.4. The van der Waals surface area contributed by atoms with E-state index >= 15 is 0 Å². The maximum absolute atomic E-state index is 11.2. The summed E-state index contributed by atoms with van der Waals surface area (Å²) in [6.45, 7) is 4.13. The Bertz CT molecular complexity index is 331. The summed E-state index contributed by atoms with van der Waals surface area (Å²) in [5.41, 5.74) is 0.651. The summed E-state index contributed by atoms with van der Waals surface area (Å²) in [7, 11) is 0. The van der Waals surface area contributed by atoms with E-state index in [2.05, 4.69) is 0 Å². The van der Waals surface area contributed by atoms with Crippen molar-refractivity contribution in [2.24, 2.45) is 0 Å². The molecule has 1 atom stereocenters. The fourth-order valence-electron chi connectivity index (χ4n) is 1.60. The van der Waals surface area contributed by atoms with Gasteiger partial charge in [0, 0.05) is 13.0 Å². The molecule has 1 aliphatic rings. The van der Waals surface area contributed by atoms with Gasteiger partial charge in [-0.1, -0.05) is 18.2 Å². The van der Waals surface area contributed by atoms with E-state index in [1.54, 1.807) is 25.2 Å². The molecule has 0 aliphatic carbocycles. The molecule has 4 heteroatoms. The van der Waals surface area contributed by atoms with Crippen molar-refractivity contribution in [2.75, 3.05) is 6.54 Å². The first-order chi connectivity index (χ1) is 7.11. The lowest BCUT2D eigenvalue weighted by Crippen LogP contribution is -2.53. The minimum Gasteiger partial charge on any atom is -0.479 e. The largest absolute Gasteiger partial charge is 0.479 e. The molecule has 1 N–H and O–H groups in total. The van der Waals surface area contributed by atoms with E-state index in [0.29, 0.717) is 18.5 Å². The van der Waals surface area contributed by atoms with Gasteiger partial charge in [-0.2, -0.15) is 0 Å². The van der Waals surface area contributed by atoms with Crippen LogP contribution in [0.25, 0.3) is 0 Å². The highest BCUT2D eigenvalue weighted by Gasteiger charge is 2.36. The molecular weight excluding hydrogens is 194 g/mol. The zero-order valence-corrected chi connectivity index (χ0v) is 8.93. The van der Waals surface area contributed by atoms with Crippen LogP contribution in [0.15, 0.2) is 23.8 Å². The van der Waals surface area contributed by atoms with Crippen LogP contribution >= 0.6 is 0 Å². The van der Waals surface area contributed by atoms with Gasteiger partial charge in [0.05, 0.1) is 0 Å². The first kappa shape index (κ1) is 11.5. The predicted molar refractivity (Wildman–Crippen MR) is 56.3 cm³/mol. The highest BCUT2D eigenvalue weighted by Crippen LogP contribution is 2.20. The molecule has 1 fully saturated rings. The minimum atomic E-state index is -0.978. The van der Waals surface area contributed by atoms with Crippen LogP contribution in [0.5, 0.6) is 0 Å². The maximum Gasteiger partial charge on any atom is 0.331 e. The monoisotopic (exact) mass is 209 g/mol. The zero-order chi connectivity index (χ0) is 11.4. The van der Waals surface area contributed by atoms with Crippen LogP contribution in [-0.4, -0.2) is 34.5 Å². The summed E-state index contributed by atoms with van der Waals surface area (Å²) in [5.74, 6) is -1.07. The minimum absolute atomic E-state index is 0.0914. The molecule has 4 nitrogen and oxygen atoms in total. The van der Waals surface area contributed by atoms with Crippen LogP contribution in [0.1, 0.15) is 20.3 Å². The quantitative estimate of drug-likeness (QED) is 0.559. The summed E-state index contributed by atoms with van der Waals surface area (Å²) in [5, 5.41) is 9.09. The average Bonchev–Trinajstić information content (AvgIpc) is 2.20. The molecule has 0 saturated carbocycles. The van der Waals surface area contributed by atoms with E-state index in [1.165, 1.54) is 4.90 Å². The molecule has 0 aromatic carbocycles. The molecule has 0 spiro atoms. The summed E-state index contributed by atoms with van der Waals surface area (Å²) >= 11 is 0. The normalized spacial score (nSPS) is 19.2. The third-order valence-electron chi connectivity index (χ3n) is 2.44. The van der Waals surface area contributed by atoms with E-state index in [4.69, 9.17) is 5.11 Å². The number of allylic oxidation sites excluding steroid dienone is 2. The first-order valence-corrected chi connectivity index (χ1v) is 4.93. The Morgan fingerprint density at radius 1 is 1.53 bits per heavy atom. The molecule has 0 bridgehead atoms. The van der Waals surface area contributed by atoms with Crippen LogP contribution in [0.3, 0.4) is 0 Å². The van der Waals surface area contributed by atoms with Gasteiger partial charge in [-0.25, -0.2) is 4.79 Å². The van der Waals surface area contributed by atoms with Crippen LogP contribution < -0.4 is 0 Å². The van der Waals surface area contributed by atoms with Gasteiger partial charge >= 0.3 is 5.97 Å². The van der Waals surface area contributed by atoms with Crippen molar-refractivity contribution in [3.05, 3.63) is 23.8 Å². The van der Waals surface area contributed by atoms with E-state index < -0.39 is 12.0 Å². The summed E-state index contributed by atoms with van der Waals surface area (Å²) < 4.78 is 0. The molecule has 1 unspecified atom stereocenters. The smallest absolute Gasteiger partial charge is 0.331 e. The molecule has 1 amide bonds. The Hall–Kier alpha value is -1.58. The molecule has 1 rings (SSSR count). The van der Waals surface area contributed by atoms with E-state index in [0.717, 1.165) is 0 Å². The number of aliphatic carboxylic acids is 1. The van der Waals surface area contributed by atoms with Gasteiger partial charge < -0.3 is 10.0 Å². The number of carboxylic acids is 1. The number of likely N-dealkylation sites (tertiary alicyclic amines) is 1. The molecule has 1 heterocycles. The molecule has 1 aliphatic heterocycles. The molecule has 15 heavy (non-hydrogen) atoms. The first-order valence-electron chi connectivity index (χ1n) is 4.93. The van der Waals surface area contributed by atoms with Crippen molar-refractivity contribution in [1.82, 2.24) is 4.90 Å². The molecule has 0 aromatic rings. The van der Waals surface area contributed by atoms with Crippen molar-refractivity contribution in [3.63, 3.8) is 0 Å². The van der Waals surface area contributed by atoms with Crippen LogP contribution in [0.4, 0.5) is 0 Å². The van der Waals surface area contributed by atoms with Gasteiger partial charge in [0.25, 0.3) is 0 Å². The summed E-state index contributed by atoms with van der Waals surface area (Å²) in [6, 6.07) is -0.826. The Kier molecular flexibility index (Phi) is 3.66. The lowest BCUT2D eigenvalue weighted by Gasteiger charge is -2.36. The maximum atomic E-state index is 11.2. The highest BCUT2D eigenvalue weighted by molar-refractivity contribution is 5.89. The number of carboxylic acid groups (broad SMARTS) is 1. The van der Waals surface area contributed by atoms with Crippen LogP contribution in [0, 0.1) is 0 Å². The van der Waals surface area contributed by atoms with E-state index in [-0.39, 0.29) is 5.91 Å². The third kappa shape index (κ3) is 2.26. The molecule has 1 saturated heterocycles. The van der Waals surface area contributed by atoms with E-state index in [9.17, 15) is 9.59 Å². The van der Waals surface area contributed by atoms with Crippen molar-refractivity contribution in [2.45, 2.75) is 26.3 Å². The van der Waals surface area contributed by atoms with Gasteiger partial charge in [-0.05, 0) is 19.4 Å². The Balaban J connectivity index is 2.91. The fourth-order valence-corrected chi connectivity index (χ4v) is 1.60. The second-order valence-corrected chi connectivity index (χ2v) is 3.37. The summed E-state index contributed by atoms with van der Waals surface area (Å²) in [4.78, 5) is 23.7. The van der Waals surface area contributed by atoms with Gasteiger partial charge in [0.15, 0.2) is 6.04 Å². The SMILES string of the molecule is C/C=C\C(=C/C)C(C(=O)O)N1CCC1=O. The lowest BCUT2D eigenvalue weighted by atomic mass is 10.0. The Morgan fingerprint density at radius 3 is 2.47 bits per heavy atom. The van der Waals surface area contributed by atoms with Crippen molar-refractivity contribution in [1.29, 1.82) is 0 Å². The molecule has 82 valence electrons. The van der Waals surface area contributed by atoms with Gasteiger partial charge in [0.2, 0.25) is 5.91 Å². The number of β-lactam (4-membered cyclic amide) rings is 1. The predicted octanol–water partition coefficient (Wildman–Crippen LogP) is 1.19. The second-order valence-electron chi connectivity index (χ2n) is 3.37. The Labute approximate surface area is 88.9 Å². The van der Waals surface area contributed by atoms with Crippen LogP contribution in [-0.2, 0) is 9.59 Å². The number of amides is 1. The number of hydrogen-bond acceptors (Lipinski definition) is 2. The average molecular weight is 209 g/mol. The topological polar surface area (TPSA) is 57.6 Å². The second kappa shape index (κ2) is 4.77. The van der Waals surface area contributed by atoms with Crippen molar-refractivity contribution < 1.29 is 14.7 Å². The number of hydrogen-bond donors (Lipinski definition) is 1. The summed E-state index contributed by atoms with van der Waals surface area (Å²) in [6.07, 6.45) is 5.68. The van der Waals surface area contributed by atoms with Gasteiger partial charge in [-0.3, -0.25) is 4.79 Å². The number of nitrogens with zero attached hydrogens (tertiary/aromatic N) is 1.